The summed E-state index contributed by atoms with van der Waals surface area (Å²) in [5.74, 6) is 0. The topological polar surface area (TPSA) is 55.4 Å². The van der Waals surface area contributed by atoms with E-state index in [1.165, 1.54) is 154 Å². The highest BCUT2D eigenvalue weighted by molar-refractivity contribution is 9.10. The molecule has 3 saturated heterocycles. The zero-order valence-corrected chi connectivity index (χ0v) is 61.4. The third-order valence-electron chi connectivity index (χ3n) is 25.2. The van der Waals surface area contributed by atoms with Gasteiger partial charge in [0.15, 0.2) is 0 Å². The lowest BCUT2D eigenvalue weighted by Crippen LogP contribution is -2.41. The summed E-state index contributed by atoms with van der Waals surface area (Å²) in [6, 6.07) is 95.3. The van der Waals surface area contributed by atoms with Gasteiger partial charge in [0.1, 0.15) is 0 Å². The number of hydrogen-bond donors (Lipinski definition) is 0. The van der Waals surface area contributed by atoms with E-state index >= 15 is 0 Å². The lowest BCUT2D eigenvalue weighted by Gasteiger charge is -2.32. The van der Waals surface area contributed by atoms with Gasteiger partial charge >= 0.3 is 21.1 Å². The standard InChI is InChI=1S/C43H33BO2.C37H21Br.C12H24B2O4/c1-41(2)42(3,4)46-44(45-41)26-21-22-33-36-24-34-29-15-7-5-13-27(29)28-14-6-8-16-30(28)35(34)25-40(36)43(39(33)23-26)37-19-11-9-17-31(37)32-18-10-12-20-38(32)43;38-22-17-18-29-32-20-30-25-11-3-1-9-23(25)24-10-2-4-12-26(24)31(30)21-36(32)37(35(29)19-22)33-15-7-5-13-27(33)28-14-6-8-16-34(28)37;1-9(2)10(3,4)16-13(15-9)14-17-11(5,6)12(7,8)18-14/h5-25H,1-4H3;1-21H;1-8H3. The Morgan fingerprint density at radius 1 is 0.216 bits per heavy atom. The van der Waals surface area contributed by atoms with Gasteiger partial charge in [-0.2, -0.15) is 0 Å². The Labute approximate surface area is 606 Å². The summed E-state index contributed by atoms with van der Waals surface area (Å²) in [5.41, 5.74) is 19.4. The molecule has 0 unspecified atom stereocenters. The third-order valence-corrected chi connectivity index (χ3v) is 25.7. The summed E-state index contributed by atoms with van der Waals surface area (Å²) in [7, 11) is -1.39. The van der Waals surface area contributed by atoms with E-state index in [0.29, 0.717) is 0 Å². The fourth-order valence-corrected chi connectivity index (χ4v) is 18.5. The van der Waals surface area contributed by atoms with Gasteiger partial charge in [0, 0.05) is 4.47 Å². The van der Waals surface area contributed by atoms with E-state index in [9.17, 15) is 0 Å². The molecule has 0 atom stereocenters. The molecule has 0 N–H and O–H groups in total. The fourth-order valence-electron chi connectivity index (χ4n) is 18.2. The summed E-state index contributed by atoms with van der Waals surface area (Å²) in [5, 5.41) is 15.7. The normalized spacial score (nSPS) is 19.0. The van der Waals surface area contributed by atoms with E-state index in [1.54, 1.807) is 0 Å². The second-order valence-electron chi connectivity index (χ2n) is 32.1. The van der Waals surface area contributed by atoms with E-state index in [2.05, 4.69) is 298 Å². The highest BCUT2D eigenvalue weighted by Crippen LogP contribution is 2.66. The van der Waals surface area contributed by atoms with E-state index in [-0.39, 0.29) is 27.8 Å². The van der Waals surface area contributed by atoms with Crippen molar-refractivity contribution in [2.24, 2.45) is 0 Å². The summed E-state index contributed by atoms with van der Waals surface area (Å²) in [4.78, 5) is 0. The Morgan fingerprint density at radius 3 is 0.794 bits per heavy atom. The number of hydrogen-bond acceptors (Lipinski definition) is 6. The molecule has 10 heteroatoms. The zero-order chi connectivity index (χ0) is 70.0. The summed E-state index contributed by atoms with van der Waals surface area (Å²) < 4.78 is 38.2. The van der Waals surface area contributed by atoms with Crippen LogP contribution in [-0.2, 0) is 38.8 Å². The maximum absolute atomic E-state index is 6.61. The van der Waals surface area contributed by atoms with Crippen molar-refractivity contribution in [3.63, 3.8) is 0 Å². The molecule has 3 heterocycles. The van der Waals surface area contributed by atoms with E-state index in [4.69, 9.17) is 27.9 Å². The molecule has 0 aromatic heterocycles. The van der Waals surface area contributed by atoms with Crippen molar-refractivity contribution in [1.29, 1.82) is 0 Å². The molecule has 7 aliphatic rings. The number of fused-ring (bicyclic) bond motifs is 32. The molecule has 14 aromatic carbocycles. The molecular weight excluding hydrogens is 1310 g/mol. The first kappa shape index (κ1) is 64.0. The van der Waals surface area contributed by atoms with E-state index in [1.807, 2.05) is 55.4 Å². The average Bonchev–Trinajstić information content (AvgIpc) is 1.53. The van der Waals surface area contributed by atoms with Crippen LogP contribution in [0.15, 0.2) is 259 Å². The van der Waals surface area contributed by atoms with E-state index in [0.717, 1.165) is 9.94 Å². The first-order valence-corrected chi connectivity index (χ1v) is 36.9. The SMILES string of the molecule is Brc1ccc2c(c1)C1(c3ccccc3-c3ccccc31)c1cc3c4ccccc4c4ccccc4c3cc1-2.CC1(C)OB(B2OC(C)(C)C(C)(C)O2)OC1(C)C.CC1(C)OB(c2ccc3c(c2)C2(c4ccccc4-c4ccccc42)c2cc4c5ccccc5c5ccccc5c4cc2-3)OC1(C)C. The monoisotopic (exact) mass is 1390 g/mol. The quantitative estimate of drug-likeness (QED) is 0.127. The molecule has 102 heavy (non-hydrogen) atoms. The number of benzene rings is 14. The molecule has 0 radical (unpaired) electrons. The van der Waals surface area contributed by atoms with Gasteiger partial charge in [-0.15, -0.1) is 0 Å². The minimum atomic E-state index is -0.476. The van der Waals surface area contributed by atoms with Gasteiger partial charge in [-0.25, -0.2) is 0 Å². The Hall–Kier alpha value is -8.93. The molecule has 2 spiro atoms. The Bertz CT molecular complexity index is 5780. The van der Waals surface area contributed by atoms with Crippen molar-refractivity contribution in [1.82, 2.24) is 0 Å². The van der Waals surface area contributed by atoms with Crippen LogP contribution in [0.25, 0.3) is 109 Å². The van der Waals surface area contributed by atoms with Crippen molar-refractivity contribution >= 4 is 107 Å². The maximum atomic E-state index is 6.61. The fraction of sp³-hybridized carbons (Fsp3) is 0.217. The van der Waals surface area contributed by atoms with Crippen LogP contribution < -0.4 is 5.46 Å². The third kappa shape index (κ3) is 8.78. The first-order chi connectivity index (χ1) is 48.9. The zero-order valence-electron chi connectivity index (χ0n) is 59.8. The van der Waals surface area contributed by atoms with Crippen LogP contribution >= 0.6 is 15.9 Å². The van der Waals surface area contributed by atoms with Crippen LogP contribution in [-0.4, -0.2) is 54.7 Å². The second kappa shape index (κ2) is 22.1. The molecule has 0 saturated carbocycles. The van der Waals surface area contributed by atoms with Gasteiger partial charge in [-0.1, -0.05) is 234 Å². The van der Waals surface area contributed by atoms with Crippen molar-refractivity contribution in [3.05, 3.63) is 304 Å². The molecule has 0 bridgehead atoms. The Balaban J connectivity index is 0.000000116. The minimum Gasteiger partial charge on any atom is -0.405 e. The minimum absolute atomic E-state index is 0.345. The summed E-state index contributed by atoms with van der Waals surface area (Å²) in [6.07, 6.45) is 0. The number of rotatable bonds is 2. The highest BCUT2D eigenvalue weighted by atomic mass is 79.9. The van der Waals surface area contributed by atoms with Gasteiger partial charge in [0.25, 0.3) is 0 Å². The van der Waals surface area contributed by atoms with Crippen LogP contribution in [0.4, 0.5) is 0 Å². The van der Waals surface area contributed by atoms with Crippen molar-refractivity contribution in [2.75, 3.05) is 0 Å². The lowest BCUT2D eigenvalue weighted by molar-refractivity contribution is 0.00578. The highest BCUT2D eigenvalue weighted by Gasteiger charge is 2.64. The Morgan fingerprint density at radius 2 is 0.461 bits per heavy atom. The smallest absolute Gasteiger partial charge is 0.405 e. The predicted molar refractivity (Wildman–Crippen MR) is 426 cm³/mol. The van der Waals surface area contributed by atoms with Crippen LogP contribution in [0, 0.1) is 0 Å². The largest absolute Gasteiger partial charge is 0.494 e. The van der Waals surface area contributed by atoms with Crippen LogP contribution in [0.3, 0.4) is 0 Å². The van der Waals surface area contributed by atoms with Gasteiger partial charge in [-0.3, -0.25) is 0 Å². The van der Waals surface area contributed by atoms with Crippen molar-refractivity contribution in [3.8, 4) is 44.5 Å². The lowest BCUT2D eigenvalue weighted by atomic mass is 9.49. The Kier molecular flexibility index (Phi) is 13.8. The molecule has 0 amide bonds. The van der Waals surface area contributed by atoms with Crippen LogP contribution in [0.2, 0.25) is 0 Å². The van der Waals surface area contributed by atoms with Gasteiger partial charge in [0.05, 0.1) is 44.4 Å². The summed E-state index contributed by atoms with van der Waals surface area (Å²) >= 11 is 3.83. The molecule has 3 fully saturated rings. The predicted octanol–water partition coefficient (Wildman–Crippen LogP) is 22.3. The van der Waals surface area contributed by atoms with Crippen LogP contribution in [0.1, 0.15) is 128 Å². The first-order valence-electron chi connectivity index (χ1n) is 36.1. The van der Waals surface area contributed by atoms with Gasteiger partial charge in [0.2, 0.25) is 0 Å². The molecule has 4 aliphatic carbocycles. The van der Waals surface area contributed by atoms with Crippen molar-refractivity contribution < 1.29 is 27.9 Å². The molecule has 3 aliphatic heterocycles. The molecule has 14 aromatic rings. The molecular formula is C92H78B3BrO6. The van der Waals surface area contributed by atoms with Crippen molar-refractivity contribution in [2.45, 2.75) is 128 Å². The average molecular weight is 1390 g/mol. The van der Waals surface area contributed by atoms with Crippen LogP contribution in [0.5, 0.6) is 0 Å². The summed E-state index contributed by atoms with van der Waals surface area (Å²) in [6.45, 7) is 24.7. The molecule has 498 valence electrons. The maximum Gasteiger partial charge on any atom is 0.494 e. The molecule has 21 rings (SSSR count). The number of halogens is 1. The van der Waals surface area contributed by atoms with Gasteiger partial charge < -0.3 is 27.9 Å². The second-order valence-corrected chi connectivity index (χ2v) is 33.0. The van der Waals surface area contributed by atoms with E-state index < -0.39 is 37.8 Å². The molecule has 6 nitrogen and oxygen atoms in total. The van der Waals surface area contributed by atoms with Gasteiger partial charge in [-0.05, 0) is 279 Å².